The zero-order valence-corrected chi connectivity index (χ0v) is 14.8. The first-order chi connectivity index (χ1) is 12.6. The Balaban J connectivity index is 1.56. The molecule has 4 rings (SSSR count). The highest BCUT2D eigenvalue weighted by Gasteiger charge is 2.12. The van der Waals surface area contributed by atoms with E-state index in [4.69, 9.17) is 27.6 Å². The van der Waals surface area contributed by atoms with Crippen LogP contribution in [0.1, 0.15) is 10.4 Å². The van der Waals surface area contributed by atoms with E-state index < -0.39 is 0 Å². The van der Waals surface area contributed by atoms with Crippen LogP contribution in [0.3, 0.4) is 0 Å². The third-order valence-corrected chi connectivity index (χ3v) is 4.28. The molecule has 0 aliphatic carbocycles. The van der Waals surface area contributed by atoms with Crippen molar-refractivity contribution < 1.29 is 9.21 Å². The standard InChI is InChI=1S/C19H11Cl2N3O2/c20-12-5-8-16-15(10-12)24-19(26-16)11-3-6-13(7-4-11)23-18(25)14-2-1-9-22-17(14)21/h1-10H,(H,23,25). The van der Waals surface area contributed by atoms with E-state index in [9.17, 15) is 4.79 Å². The number of amides is 1. The Bertz CT molecular complexity index is 1110. The topological polar surface area (TPSA) is 68.0 Å². The Hall–Kier alpha value is -2.89. The number of nitrogens with one attached hydrogen (secondary N) is 1. The third kappa shape index (κ3) is 3.27. The fourth-order valence-electron chi connectivity index (χ4n) is 2.47. The summed E-state index contributed by atoms with van der Waals surface area (Å²) in [5, 5.41) is 3.54. The number of nitrogens with zero attached hydrogens (tertiary/aromatic N) is 2. The highest BCUT2D eigenvalue weighted by molar-refractivity contribution is 6.33. The van der Waals surface area contributed by atoms with Gasteiger partial charge >= 0.3 is 0 Å². The minimum Gasteiger partial charge on any atom is -0.436 e. The molecule has 0 saturated carbocycles. The van der Waals surface area contributed by atoms with E-state index in [0.717, 1.165) is 5.56 Å². The predicted octanol–water partition coefficient (Wildman–Crippen LogP) is 5.45. The van der Waals surface area contributed by atoms with E-state index in [1.54, 1.807) is 42.5 Å². The third-order valence-electron chi connectivity index (χ3n) is 3.74. The fraction of sp³-hybridized carbons (Fsp3) is 0. The first-order valence-electron chi connectivity index (χ1n) is 7.68. The Morgan fingerprint density at radius 3 is 2.62 bits per heavy atom. The number of benzene rings is 2. The van der Waals surface area contributed by atoms with Gasteiger partial charge in [0.15, 0.2) is 5.58 Å². The quantitative estimate of drug-likeness (QED) is 0.477. The molecule has 0 aliphatic heterocycles. The van der Waals surface area contributed by atoms with Crippen LogP contribution in [0.4, 0.5) is 5.69 Å². The first kappa shape index (κ1) is 16.6. The minimum atomic E-state index is -0.327. The largest absolute Gasteiger partial charge is 0.436 e. The average molecular weight is 384 g/mol. The zero-order valence-electron chi connectivity index (χ0n) is 13.2. The lowest BCUT2D eigenvalue weighted by atomic mass is 10.2. The van der Waals surface area contributed by atoms with E-state index in [-0.39, 0.29) is 11.1 Å². The molecule has 26 heavy (non-hydrogen) atoms. The second-order valence-electron chi connectivity index (χ2n) is 5.50. The molecule has 4 aromatic rings. The van der Waals surface area contributed by atoms with Crippen molar-refractivity contribution in [1.82, 2.24) is 9.97 Å². The van der Waals surface area contributed by atoms with Gasteiger partial charge in [0, 0.05) is 22.5 Å². The molecule has 2 heterocycles. The number of halogens is 2. The molecular formula is C19H11Cl2N3O2. The highest BCUT2D eigenvalue weighted by Crippen LogP contribution is 2.27. The molecule has 2 aromatic heterocycles. The van der Waals surface area contributed by atoms with Crippen LogP contribution >= 0.6 is 23.2 Å². The summed E-state index contributed by atoms with van der Waals surface area (Å²) in [5.41, 5.74) is 3.07. The van der Waals surface area contributed by atoms with E-state index >= 15 is 0 Å². The van der Waals surface area contributed by atoms with Crippen LogP contribution in [-0.2, 0) is 0 Å². The lowest BCUT2D eigenvalue weighted by molar-refractivity contribution is 0.102. The molecule has 2 aromatic carbocycles. The van der Waals surface area contributed by atoms with Crippen LogP contribution in [0, 0.1) is 0 Å². The molecule has 0 bridgehead atoms. The van der Waals surface area contributed by atoms with Crippen LogP contribution in [0.15, 0.2) is 65.2 Å². The molecule has 0 atom stereocenters. The highest BCUT2D eigenvalue weighted by atomic mass is 35.5. The Kier molecular flexibility index (Phi) is 4.32. The Labute approximate surface area is 158 Å². The van der Waals surface area contributed by atoms with Crippen molar-refractivity contribution in [3.05, 3.63) is 76.5 Å². The molecule has 0 radical (unpaired) electrons. The minimum absolute atomic E-state index is 0.159. The SMILES string of the molecule is O=C(Nc1ccc(-c2nc3cc(Cl)ccc3o2)cc1)c1cccnc1Cl. The molecule has 0 aliphatic rings. The number of carbonyl (C=O) groups excluding carboxylic acids is 1. The number of fused-ring (bicyclic) bond motifs is 1. The molecule has 0 fully saturated rings. The second-order valence-corrected chi connectivity index (χ2v) is 6.30. The van der Waals surface area contributed by atoms with E-state index in [2.05, 4.69) is 15.3 Å². The Morgan fingerprint density at radius 1 is 1.04 bits per heavy atom. The van der Waals surface area contributed by atoms with Gasteiger partial charge in [0.25, 0.3) is 5.91 Å². The molecule has 0 unspecified atom stereocenters. The molecule has 1 amide bonds. The summed E-state index contributed by atoms with van der Waals surface area (Å²) in [4.78, 5) is 20.6. The van der Waals surface area contributed by atoms with Crippen molar-refractivity contribution in [1.29, 1.82) is 0 Å². The number of pyridine rings is 1. The summed E-state index contributed by atoms with van der Waals surface area (Å²) < 4.78 is 5.73. The van der Waals surface area contributed by atoms with Crippen molar-refractivity contribution in [3.8, 4) is 11.5 Å². The normalized spacial score (nSPS) is 10.8. The van der Waals surface area contributed by atoms with Gasteiger partial charge in [-0.05, 0) is 54.6 Å². The van der Waals surface area contributed by atoms with Crippen LogP contribution in [-0.4, -0.2) is 15.9 Å². The molecule has 0 saturated heterocycles. The van der Waals surface area contributed by atoms with Crippen molar-refractivity contribution in [2.45, 2.75) is 0 Å². The molecule has 128 valence electrons. The molecule has 1 N–H and O–H groups in total. The summed E-state index contributed by atoms with van der Waals surface area (Å²) in [6.45, 7) is 0. The lowest BCUT2D eigenvalue weighted by Gasteiger charge is -2.06. The van der Waals surface area contributed by atoms with Gasteiger partial charge in [-0.25, -0.2) is 9.97 Å². The average Bonchev–Trinajstić information content (AvgIpc) is 3.05. The summed E-state index contributed by atoms with van der Waals surface area (Å²) in [6.07, 6.45) is 1.53. The van der Waals surface area contributed by atoms with Gasteiger partial charge < -0.3 is 9.73 Å². The number of carbonyl (C=O) groups is 1. The van der Waals surface area contributed by atoms with Crippen molar-refractivity contribution >= 4 is 45.9 Å². The zero-order chi connectivity index (χ0) is 18.1. The van der Waals surface area contributed by atoms with Crippen LogP contribution in [0.2, 0.25) is 10.2 Å². The summed E-state index contributed by atoms with van der Waals surface area (Å²) in [7, 11) is 0. The van der Waals surface area contributed by atoms with Gasteiger partial charge in [0.2, 0.25) is 5.89 Å². The molecular weight excluding hydrogens is 373 g/mol. The van der Waals surface area contributed by atoms with Gasteiger partial charge in [0.1, 0.15) is 10.7 Å². The number of anilines is 1. The van der Waals surface area contributed by atoms with Crippen LogP contribution < -0.4 is 5.32 Å². The van der Waals surface area contributed by atoms with Crippen LogP contribution in [0.25, 0.3) is 22.6 Å². The van der Waals surface area contributed by atoms with E-state index in [1.807, 2.05) is 12.1 Å². The Morgan fingerprint density at radius 2 is 1.85 bits per heavy atom. The lowest BCUT2D eigenvalue weighted by Crippen LogP contribution is -2.12. The van der Waals surface area contributed by atoms with E-state index in [0.29, 0.717) is 33.3 Å². The van der Waals surface area contributed by atoms with Crippen molar-refractivity contribution in [3.63, 3.8) is 0 Å². The van der Waals surface area contributed by atoms with Gasteiger partial charge in [-0.3, -0.25) is 4.79 Å². The van der Waals surface area contributed by atoms with Gasteiger partial charge in [-0.1, -0.05) is 23.2 Å². The first-order valence-corrected chi connectivity index (χ1v) is 8.44. The monoisotopic (exact) mass is 383 g/mol. The van der Waals surface area contributed by atoms with E-state index in [1.165, 1.54) is 6.20 Å². The fourth-order valence-corrected chi connectivity index (χ4v) is 2.85. The molecule has 7 heteroatoms. The number of rotatable bonds is 3. The van der Waals surface area contributed by atoms with Gasteiger partial charge in [0.05, 0.1) is 5.56 Å². The second kappa shape index (κ2) is 6.78. The smallest absolute Gasteiger partial charge is 0.258 e. The maximum Gasteiger partial charge on any atom is 0.258 e. The summed E-state index contributed by atoms with van der Waals surface area (Å²) >= 11 is 11.9. The number of aromatic nitrogens is 2. The van der Waals surface area contributed by atoms with Crippen molar-refractivity contribution in [2.24, 2.45) is 0 Å². The number of hydrogen-bond donors (Lipinski definition) is 1. The summed E-state index contributed by atoms with van der Waals surface area (Å²) in [5.74, 6) is 0.155. The van der Waals surface area contributed by atoms with Gasteiger partial charge in [-0.2, -0.15) is 0 Å². The number of oxazole rings is 1. The predicted molar refractivity (Wildman–Crippen MR) is 102 cm³/mol. The molecule has 5 nitrogen and oxygen atoms in total. The molecule has 0 spiro atoms. The summed E-state index contributed by atoms with van der Waals surface area (Å²) in [6, 6.07) is 15.7. The van der Waals surface area contributed by atoms with Crippen LogP contribution in [0.5, 0.6) is 0 Å². The number of hydrogen-bond acceptors (Lipinski definition) is 4. The maximum absolute atomic E-state index is 12.3. The van der Waals surface area contributed by atoms with Crippen molar-refractivity contribution in [2.75, 3.05) is 5.32 Å². The van der Waals surface area contributed by atoms with Gasteiger partial charge in [-0.15, -0.1) is 0 Å². The maximum atomic E-state index is 12.3.